The first-order chi connectivity index (χ1) is 16.4. The number of fused-ring (bicyclic) bond motifs is 3. The normalized spacial score (nSPS) is 11.6. The van der Waals surface area contributed by atoms with Crippen LogP contribution in [0.15, 0.2) is 97.1 Å². The molecule has 0 spiro atoms. The lowest BCUT2D eigenvalue weighted by Gasteiger charge is -2.25. The van der Waals surface area contributed by atoms with Gasteiger partial charge in [0.25, 0.3) is 0 Å². The van der Waals surface area contributed by atoms with Crippen LogP contribution in [0.4, 0.5) is 4.39 Å². The van der Waals surface area contributed by atoms with Gasteiger partial charge in [-0.15, -0.1) is 0 Å². The summed E-state index contributed by atoms with van der Waals surface area (Å²) in [4.78, 5) is 13.6. The molecule has 1 heterocycles. The molecule has 0 aliphatic heterocycles. The Bertz CT molecular complexity index is 1430. The molecule has 0 aliphatic carbocycles. The minimum Gasteiger partial charge on any atom is -0.482 e. The second kappa shape index (κ2) is 8.92. The van der Waals surface area contributed by atoms with Gasteiger partial charge in [0.15, 0.2) is 20.9 Å². The van der Waals surface area contributed by atoms with E-state index in [1.165, 1.54) is 37.2 Å². The van der Waals surface area contributed by atoms with E-state index >= 15 is 0 Å². The van der Waals surface area contributed by atoms with Gasteiger partial charge >= 0.3 is 5.97 Å². The van der Waals surface area contributed by atoms with E-state index in [1.54, 1.807) is 26.0 Å². The fourth-order valence-corrected chi connectivity index (χ4v) is 6.54. The average molecular weight is 472 g/mol. The van der Waals surface area contributed by atoms with Gasteiger partial charge in [0.1, 0.15) is 17.2 Å². The molecular weight excluding hydrogens is 447 g/mol. The average Bonchev–Trinajstić information content (AvgIpc) is 3.17. The van der Waals surface area contributed by atoms with Crippen LogP contribution in [0.2, 0.25) is 0 Å². The maximum Gasteiger partial charge on any atom is 0.345 e. The summed E-state index contributed by atoms with van der Waals surface area (Å²) < 4.78 is 27.4. The third-order valence-electron chi connectivity index (χ3n) is 5.81. The first kappa shape index (κ1) is 22.1. The number of esters is 1. The molecule has 0 atom stereocenters. The second-order valence-electron chi connectivity index (χ2n) is 8.55. The lowest BCUT2D eigenvalue weighted by molar-refractivity contribution is -0.159. The summed E-state index contributed by atoms with van der Waals surface area (Å²) in [6.07, 6.45) is 0. The van der Waals surface area contributed by atoms with E-state index in [2.05, 4.69) is 60.7 Å². The van der Waals surface area contributed by atoms with Crippen molar-refractivity contribution in [1.29, 1.82) is 0 Å². The maximum absolute atomic E-state index is 13.5. The molecule has 0 saturated heterocycles. The zero-order valence-electron chi connectivity index (χ0n) is 19.0. The van der Waals surface area contributed by atoms with Crippen LogP contribution < -0.4 is 4.74 Å². The molecule has 0 unspecified atom stereocenters. The molecule has 0 aliphatic rings. The zero-order chi connectivity index (χ0) is 23.7. The van der Waals surface area contributed by atoms with Crippen LogP contribution in [-0.4, -0.2) is 12.6 Å². The fourth-order valence-electron chi connectivity index (χ4n) is 4.16. The number of rotatable bonds is 6. The highest BCUT2D eigenvalue weighted by Gasteiger charge is 2.26. The van der Waals surface area contributed by atoms with E-state index in [9.17, 15) is 9.18 Å². The topological polar surface area (TPSA) is 35.5 Å². The molecule has 5 heteroatoms. The van der Waals surface area contributed by atoms with E-state index in [0.717, 1.165) is 0 Å². The zero-order valence-corrected chi connectivity index (χ0v) is 19.8. The van der Waals surface area contributed by atoms with Crippen LogP contribution in [0.1, 0.15) is 19.4 Å². The van der Waals surface area contributed by atoms with Crippen LogP contribution >= 0.6 is 10.5 Å². The van der Waals surface area contributed by atoms with Crippen molar-refractivity contribution in [3.63, 3.8) is 0 Å². The van der Waals surface area contributed by atoms with Gasteiger partial charge in [-0.25, -0.2) is 9.18 Å². The SMILES string of the molecule is CC(C)(OC(=O)COc1ccc(-[s+]2c3ccccc3c3ccccc32)cc1)c1cccc(F)c1. The number of halogens is 1. The number of benzene rings is 4. The van der Waals surface area contributed by atoms with E-state index in [0.29, 0.717) is 11.3 Å². The van der Waals surface area contributed by atoms with Crippen molar-refractivity contribution in [2.45, 2.75) is 19.4 Å². The monoisotopic (exact) mass is 471 g/mol. The van der Waals surface area contributed by atoms with Gasteiger partial charge in [-0.2, -0.15) is 0 Å². The lowest BCUT2D eigenvalue weighted by atomic mass is 9.98. The Balaban J connectivity index is 1.31. The predicted molar refractivity (Wildman–Crippen MR) is 136 cm³/mol. The molecule has 3 nitrogen and oxygen atoms in total. The van der Waals surface area contributed by atoms with Gasteiger partial charge in [-0.05, 0) is 67.9 Å². The van der Waals surface area contributed by atoms with Crippen LogP contribution in [0.5, 0.6) is 5.75 Å². The maximum atomic E-state index is 13.5. The molecule has 1 aromatic heterocycles. The number of hydrogen-bond donors (Lipinski definition) is 0. The van der Waals surface area contributed by atoms with Crippen molar-refractivity contribution in [2.24, 2.45) is 0 Å². The first-order valence-electron chi connectivity index (χ1n) is 11.1. The van der Waals surface area contributed by atoms with Gasteiger partial charge in [-0.3, -0.25) is 0 Å². The largest absolute Gasteiger partial charge is 0.482 e. The van der Waals surface area contributed by atoms with Gasteiger partial charge in [-0.1, -0.05) is 36.4 Å². The molecule has 5 aromatic rings. The standard InChI is InChI=1S/C29H24FO3S/c1-29(2,20-8-7-9-21(30)18-20)33-28(31)19-32-22-14-16-23(17-15-22)34-26-12-5-3-10-24(26)25-11-4-6-13-27(25)34/h3-18H,19H2,1-2H3/q+1. The van der Waals surface area contributed by atoms with Gasteiger partial charge in [0.05, 0.1) is 0 Å². The van der Waals surface area contributed by atoms with Crippen molar-refractivity contribution in [3.8, 4) is 10.6 Å². The molecule has 170 valence electrons. The van der Waals surface area contributed by atoms with Crippen molar-refractivity contribution in [3.05, 3.63) is 108 Å². The molecule has 0 saturated carbocycles. The van der Waals surface area contributed by atoms with Crippen LogP contribution in [-0.2, 0) is 15.1 Å². The molecule has 0 fully saturated rings. The Kier molecular flexibility index (Phi) is 5.80. The molecule has 34 heavy (non-hydrogen) atoms. The summed E-state index contributed by atoms with van der Waals surface area (Å²) in [6, 6.07) is 31.0. The summed E-state index contributed by atoms with van der Waals surface area (Å²) in [7, 11) is -0.176. The van der Waals surface area contributed by atoms with Crippen molar-refractivity contribution in [2.75, 3.05) is 6.61 Å². The Morgan fingerprint density at radius 1 is 0.824 bits per heavy atom. The highest BCUT2D eigenvalue weighted by Crippen LogP contribution is 2.48. The lowest BCUT2D eigenvalue weighted by Crippen LogP contribution is -2.28. The third kappa shape index (κ3) is 4.27. The van der Waals surface area contributed by atoms with Gasteiger partial charge in [0, 0.05) is 33.4 Å². The molecule has 4 aromatic carbocycles. The number of hydrogen-bond acceptors (Lipinski definition) is 3. The fraction of sp³-hybridized carbons (Fsp3) is 0.138. The van der Waals surface area contributed by atoms with E-state index < -0.39 is 11.6 Å². The van der Waals surface area contributed by atoms with Gasteiger partial charge in [0.2, 0.25) is 0 Å². The van der Waals surface area contributed by atoms with Crippen LogP contribution in [0.25, 0.3) is 25.1 Å². The van der Waals surface area contributed by atoms with Crippen LogP contribution in [0, 0.1) is 5.82 Å². The smallest absolute Gasteiger partial charge is 0.345 e. The summed E-state index contributed by atoms with van der Waals surface area (Å²) >= 11 is 0. The Morgan fingerprint density at radius 2 is 1.44 bits per heavy atom. The third-order valence-corrected chi connectivity index (χ3v) is 8.14. The predicted octanol–water partition coefficient (Wildman–Crippen LogP) is 7.73. The van der Waals surface area contributed by atoms with E-state index in [-0.39, 0.29) is 22.9 Å². The van der Waals surface area contributed by atoms with Gasteiger partial charge < -0.3 is 9.47 Å². The molecular formula is C29H24FO3S+. The first-order valence-corrected chi connectivity index (χ1v) is 12.3. The summed E-state index contributed by atoms with van der Waals surface area (Å²) in [6.45, 7) is 3.23. The highest BCUT2D eigenvalue weighted by atomic mass is 32.2. The van der Waals surface area contributed by atoms with E-state index in [1.807, 2.05) is 12.1 Å². The van der Waals surface area contributed by atoms with Crippen molar-refractivity contribution in [1.82, 2.24) is 0 Å². The Morgan fingerprint density at radius 3 is 2.06 bits per heavy atom. The summed E-state index contributed by atoms with van der Waals surface area (Å²) in [5.41, 5.74) is -0.375. The summed E-state index contributed by atoms with van der Waals surface area (Å²) in [5.74, 6) is -0.293. The van der Waals surface area contributed by atoms with Crippen LogP contribution in [0.3, 0.4) is 0 Å². The van der Waals surface area contributed by atoms with Crippen molar-refractivity contribution >= 4 is 36.6 Å². The summed E-state index contributed by atoms with van der Waals surface area (Å²) in [5, 5.41) is 2.57. The number of carbonyl (C=O) groups excluding carboxylic acids is 1. The number of ether oxygens (including phenoxy) is 2. The second-order valence-corrected chi connectivity index (χ2v) is 10.5. The molecule has 0 radical (unpaired) electrons. The quantitative estimate of drug-likeness (QED) is 0.188. The van der Waals surface area contributed by atoms with E-state index in [4.69, 9.17) is 9.47 Å². The number of thiophene rings is 1. The molecule has 0 bridgehead atoms. The Hall–Kier alpha value is -3.70. The molecule has 0 N–H and O–H groups in total. The van der Waals surface area contributed by atoms with Crippen molar-refractivity contribution < 1.29 is 18.7 Å². The minimum atomic E-state index is -0.962. The minimum absolute atomic E-state index is 0.176. The molecule has 0 amide bonds. The number of carbonyl (C=O) groups is 1. The Labute approximate surface area is 200 Å². The highest BCUT2D eigenvalue weighted by molar-refractivity contribution is 7.50. The molecule has 5 rings (SSSR count).